The maximum atomic E-state index is 9.63. The Hall–Kier alpha value is -1.06. The van der Waals surface area contributed by atoms with Crippen LogP contribution in [0.2, 0.25) is 0 Å². The first-order chi connectivity index (χ1) is 9.05. The summed E-state index contributed by atoms with van der Waals surface area (Å²) in [5, 5.41) is 9.63. The van der Waals surface area contributed by atoms with Crippen molar-refractivity contribution in [2.75, 3.05) is 19.7 Å². The Bertz CT molecular complexity index is 470. The lowest BCUT2D eigenvalue weighted by Crippen LogP contribution is -2.49. The fourth-order valence-corrected chi connectivity index (χ4v) is 3.47. The molecule has 104 valence electrons. The Morgan fingerprint density at radius 1 is 1.37 bits per heavy atom. The third-order valence-corrected chi connectivity index (χ3v) is 4.31. The summed E-state index contributed by atoms with van der Waals surface area (Å²) in [6, 6.07) is 6.36. The van der Waals surface area contributed by atoms with E-state index in [1.54, 1.807) is 0 Å². The van der Waals surface area contributed by atoms with Crippen LogP contribution in [0.15, 0.2) is 18.2 Å². The van der Waals surface area contributed by atoms with Crippen LogP contribution in [0, 0.1) is 0 Å². The zero-order chi connectivity index (χ0) is 13.5. The molecule has 0 spiro atoms. The van der Waals surface area contributed by atoms with Crippen LogP contribution in [0.4, 0.5) is 0 Å². The molecule has 0 saturated carbocycles. The van der Waals surface area contributed by atoms with Gasteiger partial charge in [-0.25, -0.2) is 0 Å². The number of phenols is 1. The van der Waals surface area contributed by atoms with Crippen LogP contribution < -0.4 is 0 Å². The van der Waals surface area contributed by atoms with Crippen LogP contribution in [0.25, 0.3) is 0 Å². The van der Waals surface area contributed by atoms with Crippen molar-refractivity contribution >= 4 is 0 Å². The number of hydrogen-bond donors (Lipinski definition) is 1. The number of nitrogens with zero attached hydrogens (tertiary/aromatic N) is 1. The van der Waals surface area contributed by atoms with Crippen LogP contribution in [0.5, 0.6) is 5.75 Å². The minimum absolute atomic E-state index is 0.0488. The second kappa shape index (κ2) is 4.80. The van der Waals surface area contributed by atoms with E-state index in [2.05, 4.69) is 24.8 Å². The molecule has 3 heteroatoms. The van der Waals surface area contributed by atoms with Crippen molar-refractivity contribution in [2.45, 2.75) is 44.8 Å². The maximum Gasteiger partial charge on any atom is 0.115 e. The highest BCUT2D eigenvalue weighted by atomic mass is 16.5. The van der Waals surface area contributed by atoms with E-state index in [-0.39, 0.29) is 5.60 Å². The van der Waals surface area contributed by atoms with Crippen molar-refractivity contribution in [1.82, 2.24) is 4.90 Å². The number of rotatable bonds is 1. The van der Waals surface area contributed by atoms with Crippen LogP contribution in [-0.2, 0) is 11.2 Å². The standard InChI is InChI=1S/C16H23NO2/c1-16(2)11-17(8-9-19-16)15-5-3-4-12-10-13(18)6-7-14(12)15/h6-7,10,15,18H,3-5,8-9,11H2,1-2H3. The molecular formula is C16H23NO2. The van der Waals surface area contributed by atoms with E-state index in [9.17, 15) is 5.11 Å². The summed E-state index contributed by atoms with van der Waals surface area (Å²) in [6.07, 6.45) is 3.51. The molecule has 19 heavy (non-hydrogen) atoms. The molecular weight excluding hydrogens is 238 g/mol. The predicted molar refractivity (Wildman–Crippen MR) is 75.4 cm³/mol. The predicted octanol–water partition coefficient (Wildman–Crippen LogP) is 2.88. The monoisotopic (exact) mass is 261 g/mol. The number of morpholine rings is 1. The van der Waals surface area contributed by atoms with Crippen LogP contribution in [0.1, 0.15) is 43.9 Å². The van der Waals surface area contributed by atoms with Crippen molar-refractivity contribution in [1.29, 1.82) is 0 Å². The number of phenolic OH excluding ortho intramolecular Hbond substituents is 1. The summed E-state index contributed by atoms with van der Waals surface area (Å²) >= 11 is 0. The third-order valence-electron chi connectivity index (χ3n) is 4.31. The summed E-state index contributed by atoms with van der Waals surface area (Å²) < 4.78 is 5.81. The van der Waals surface area contributed by atoms with Crippen molar-refractivity contribution in [3.8, 4) is 5.75 Å². The number of fused-ring (bicyclic) bond motifs is 1. The molecule has 3 nitrogen and oxygen atoms in total. The number of aryl methyl sites for hydroxylation is 1. The lowest BCUT2D eigenvalue weighted by Gasteiger charge is -2.44. The van der Waals surface area contributed by atoms with E-state index in [0.717, 1.165) is 26.1 Å². The van der Waals surface area contributed by atoms with E-state index >= 15 is 0 Å². The molecule has 2 aliphatic rings. The van der Waals surface area contributed by atoms with Crippen molar-refractivity contribution in [2.24, 2.45) is 0 Å². The van der Waals surface area contributed by atoms with Gasteiger partial charge in [0.2, 0.25) is 0 Å². The van der Waals surface area contributed by atoms with Gasteiger partial charge in [-0.1, -0.05) is 6.07 Å². The molecule has 1 N–H and O–H groups in total. The molecule has 1 unspecified atom stereocenters. The van der Waals surface area contributed by atoms with E-state index in [0.29, 0.717) is 11.8 Å². The highest BCUT2D eigenvalue weighted by Gasteiger charge is 2.33. The summed E-state index contributed by atoms with van der Waals surface area (Å²) in [6.45, 7) is 7.14. The van der Waals surface area contributed by atoms with Crippen LogP contribution >= 0.6 is 0 Å². The van der Waals surface area contributed by atoms with Gasteiger partial charge in [-0.2, -0.15) is 0 Å². The average molecular weight is 261 g/mol. The summed E-state index contributed by atoms with van der Waals surface area (Å²) in [5.41, 5.74) is 2.68. The van der Waals surface area contributed by atoms with Gasteiger partial charge in [0.25, 0.3) is 0 Å². The van der Waals surface area contributed by atoms with E-state index in [1.807, 2.05) is 12.1 Å². The van der Waals surface area contributed by atoms with Crippen molar-refractivity contribution < 1.29 is 9.84 Å². The molecule has 1 aromatic carbocycles. The van der Waals surface area contributed by atoms with Gasteiger partial charge >= 0.3 is 0 Å². The van der Waals surface area contributed by atoms with Gasteiger partial charge in [0.05, 0.1) is 12.2 Å². The summed E-state index contributed by atoms with van der Waals surface area (Å²) in [7, 11) is 0. The summed E-state index contributed by atoms with van der Waals surface area (Å²) in [4.78, 5) is 2.55. The second-order valence-corrected chi connectivity index (χ2v) is 6.37. The maximum absolute atomic E-state index is 9.63. The first-order valence-corrected chi connectivity index (χ1v) is 7.25. The summed E-state index contributed by atoms with van der Waals surface area (Å²) in [5.74, 6) is 0.390. The molecule has 1 aliphatic carbocycles. The Kier molecular flexibility index (Phi) is 3.27. The SMILES string of the molecule is CC1(C)CN(C2CCCc3cc(O)ccc32)CCO1. The normalized spacial score (nSPS) is 26.9. The zero-order valence-electron chi connectivity index (χ0n) is 11.9. The minimum atomic E-state index is -0.0488. The Morgan fingerprint density at radius 2 is 2.21 bits per heavy atom. The molecule has 1 fully saturated rings. The molecule has 0 radical (unpaired) electrons. The van der Waals surface area contributed by atoms with Crippen LogP contribution in [-0.4, -0.2) is 35.3 Å². The van der Waals surface area contributed by atoms with Gasteiger partial charge in [0.15, 0.2) is 0 Å². The fraction of sp³-hybridized carbons (Fsp3) is 0.625. The second-order valence-electron chi connectivity index (χ2n) is 6.37. The number of aromatic hydroxyl groups is 1. The van der Waals surface area contributed by atoms with E-state index in [4.69, 9.17) is 4.74 Å². The fourth-order valence-electron chi connectivity index (χ4n) is 3.47. The smallest absolute Gasteiger partial charge is 0.115 e. The average Bonchev–Trinajstić information content (AvgIpc) is 2.36. The first-order valence-electron chi connectivity index (χ1n) is 7.25. The molecule has 1 aromatic rings. The first kappa shape index (κ1) is 12.9. The number of benzene rings is 1. The Labute approximate surface area is 115 Å². The van der Waals surface area contributed by atoms with Crippen molar-refractivity contribution in [3.63, 3.8) is 0 Å². The van der Waals surface area contributed by atoms with Gasteiger partial charge in [0, 0.05) is 19.1 Å². The Morgan fingerprint density at radius 3 is 3.00 bits per heavy atom. The molecule has 3 rings (SSSR count). The third kappa shape index (κ3) is 2.63. The van der Waals surface area contributed by atoms with Gasteiger partial charge in [-0.15, -0.1) is 0 Å². The van der Waals surface area contributed by atoms with Crippen LogP contribution in [0.3, 0.4) is 0 Å². The number of hydrogen-bond acceptors (Lipinski definition) is 3. The quantitative estimate of drug-likeness (QED) is 0.843. The Balaban J connectivity index is 1.87. The largest absolute Gasteiger partial charge is 0.508 e. The molecule has 1 saturated heterocycles. The topological polar surface area (TPSA) is 32.7 Å². The van der Waals surface area contributed by atoms with Gasteiger partial charge in [-0.3, -0.25) is 4.90 Å². The van der Waals surface area contributed by atoms with E-state index < -0.39 is 0 Å². The molecule has 1 atom stereocenters. The molecule has 0 bridgehead atoms. The van der Waals surface area contributed by atoms with Gasteiger partial charge < -0.3 is 9.84 Å². The minimum Gasteiger partial charge on any atom is -0.508 e. The molecule has 1 aliphatic heterocycles. The lowest BCUT2D eigenvalue weighted by atomic mass is 9.86. The van der Waals surface area contributed by atoms with Gasteiger partial charge in [0.1, 0.15) is 5.75 Å². The number of ether oxygens (including phenoxy) is 1. The zero-order valence-corrected chi connectivity index (χ0v) is 11.9. The van der Waals surface area contributed by atoms with Gasteiger partial charge in [-0.05, 0) is 56.4 Å². The highest BCUT2D eigenvalue weighted by molar-refractivity contribution is 5.38. The molecule has 0 aromatic heterocycles. The van der Waals surface area contributed by atoms with E-state index in [1.165, 1.54) is 24.0 Å². The molecule has 0 amide bonds. The highest BCUT2D eigenvalue weighted by Crippen LogP contribution is 2.37. The van der Waals surface area contributed by atoms with Crippen molar-refractivity contribution in [3.05, 3.63) is 29.3 Å². The molecule has 1 heterocycles. The lowest BCUT2D eigenvalue weighted by molar-refractivity contribution is -0.0992.